The average Bonchev–Trinajstić information content (AvgIpc) is 3.54. The fraction of sp³-hybridized carbons (Fsp3) is 0.886. The fourth-order valence-electron chi connectivity index (χ4n) is 5.35. The van der Waals surface area contributed by atoms with Crippen LogP contribution >= 0.6 is 0 Å². The van der Waals surface area contributed by atoms with Gasteiger partial charge in [-0.25, -0.2) is 0 Å². The quantitative estimate of drug-likeness (QED) is 0.191. The van der Waals surface area contributed by atoms with Crippen molar-refractivity contribution in [1.29, 1.82) is 0 Å². The summed E-state index contributed by atoms with van der Waals surface area (Å²) in [6.45, 7) is 21.6. The Hall–Kier alpha value is 2.13. The van der Waals surface area contributed by atoms with Gasteiger partial charge in [0.15, 0.2) is 0 Å². The Morgan fingerprint density at radius 3 is 0.650 bits per heavy atom. The molecule has 0 bridgehead atoms. The average molecular weight is 955 g/mol. The molecule has 0 amide bonds. The van der Waals surface area contributed by atoms with Gasteiger partial charge >= 0.3 is 44.8 Å². The van der Waals surface area contributed by atoms with E-state index in [9.17, 15) is 0 Å². The molecule has 0 spiro atoms. The number of hydrogen-bond donors (Lipinski definition) is 0. The van der Waals surface area contributed by atoms with Gasteiger partial charge in [-0.3, -0.25) is 0 Å². The van der Waals surface area contributed by atoms with Crippen LogP contribution in [-0.4, -0.2) is 26.4 Å². The molecule has 0 aromatic carbocycles. The zero-order chi connectivity index (χ0) is 25.4. The van der Waals surface area contributed by atoms with E-state index in [2.05, 4.69) is 60.1 Å². The molecule has 4 fully saturated rings. The molecule has 254 valence electrons. The molecule has 0 unspecified atom stereocenters. The molecule has 0 N–H and O–H groups in total. The molecule has 0 aromatic rings. The van der Waals surface area contributed by atoms with Crippen LogP contribution in [0.25, 0.3) is 0 Å². The van der Waals surface area contributed by atoms with Gasteiger partial charge in [0.05, 0.1) is 0 Å². The Balaban J connectivity index is -0.0000000523. The van der Waals surface area contributed by atoms with Crippen LogP contribution in [0, 0.1) is 29.7 Å². The molecule has 0 atom stereocenters. The summed E-state index contributed by atoms with van der Waals surface area (Å²) in [5, 5.41) is 0.528. The second-order valence-electron chi connectivity index (χ2n) is 14.8. The van der Waals surface area contributed by atoms with Crippen molar-refractivity contribution in [2.24, 2.45) is 0 Å². The molecular weight excluding hydrogens is 867 g/mol. The van der Waals surface area contributed by atoms with E-state index in [0.29, 0.717) is 5.04 Å². The van der Waals surface area contributed by atoms with Crippen LogP contribution in [0.5, 0.6) is 0 Å². The van der Waals surface area contributed by atoms with Crippen LogP contribution in [0.1, 0.15) is 144 Å². The van der Waals surface area contributed by atoms with E-state index >= 15 is 0 Å². The molecule has 3 radical (unpaired) electrons. The molecule has 40 heavy (non-hydrogen) atoms. The van der Waals surface area contributed by atoms with Crippen LogP contribution in [0.15, 0.2) is 0 Å². The van der Waals surface area contributed by atoms with Crippen molar-refractivity contribution in [3.8, 4) is 0 Å². The number of rotatable bonds is 2. The van der Waals surface area contributed by atoms with E-state index in [1.54, 1.807) is 0 Å². The van der Waals surface area contributed by atoms with Crippen molar-refractivity contribution in [3.05, 3.63) is 29.7 Å². The van der Waals surface area contributed by atoms with Gasteiger partial charge in [-0.1, -0.05) is 188 Å². The van der Waals surface area contributed by atoms with Gasteiger partial charge in [0, 0.05) is 26.4 Å². The van der Waals surface area contributed by atoms with Crippen LogP contribution < -0.4 is 0 Å². The standard InChI is InChI=1S/2C8H18Si.2C5H10.C4H11Si.CH4.4CH3.2Ta.5H/c2*1-9(2,3)8-6-4-5-7-8;2*1-2-4-5-3-1;1-4(2,3)5;;;;;;;;;;;;/h2*8H,4-7H2,1-3H3;2*1-5H2;5H2,1-3H3;1H4;4*1H3;;;;;;;/q;;;;;;4*-1;;;;;;;. The second-order valence-corrected chi connectivity index (χ2v) is 28.0. The van der Waals surface area contributed by atoms with E-state index < -0.39 is 16.1 Å². The molecule has 0 heterocycles. The van der Waals surface area contributed by atoms with Crippen LogP contribution in [0.3, 0.4) is 0 Å². The van der Waals surface area contributed by atoms with Gasteiger partial charge in [-0.2, -0.15) is 0 Å². The molecule has 4 aliphatic carbocycles. The first-order valence-electron chi connectivity index (χ1n) is 15.1. The molecule has 5 heteroatoms. The Bertz CT molecular complexity index is 374. The molecule has 0 aliphatic heterocycles. The molecular formula is C35H88Si3Ta2-4. The first-order chi connectivity index (χ1) is 15.2. The first kappa shape index (κ1) is 61.2. The Labute approximate surface area is 297 Å². The first-order valence-corrected chi connectivity index (χ1v) is 22.9. The Morgan fingerprint density at radius 2 is 0.575 bits per heavy atom. The van der Waals surface area contributed by atoms with E-state index in [0.717, 1.165) is 11.1 Å². The molecule has 0 saturated heterocycles. The van der Waals surface area contributed by atoms with Gasteiger partial charge < -0.3 is 29.7 Å². The third-order valence-electron chi connectivity index (χ3n) is 7.66. The predicted octanol–water partition coefficient (Wildman–Crippen LogP) is 12.4. The van der Waals surface area contributed by atoms with Crippen molar-refractivity contribution < 1.29 is 44.8 Å². The van der Waals surface area contributed by atoms with Gasteiger partial charge in [0.25, 0.3) is 0 Å². The zero-order valence-corrected chi connectivity index (χ0v) is 43.0. The van der Waals surface area contributed by atoms with Crippen molar-refractivity contribution in [2.75, 3.05) is 0 Å². The summed E-state index contributed by atoms with van der Waals surface area (Å²) in [5.74, 6) is 0. The second kappa shape index (κ2) is 34.0. The van der Waals surface area contributed by atoms with Crippen molar-refractivity contribution >= 4 is 26.4 Å². The third-order valence-corrected chi connectivity index (χ3v) is 13.7. The summed E-state index contributed by atoms with van der Waals surface area (Å²) in [4.78, 5) is 0. The topological polar surface area (TPSA) is 0 Å². The third kappa shape index (κ3) is 42.3. The minimum absolute atomic E-state index is 0. The van der Waals surface area contributed by atoms with Gasteiger partial charge in [-0.05, 0) is 11.1 Å². The van der Waals surface area contributed by atoms with Crippen LogP contribution in [0.4, 0.5) is 0 Å². The molecule has 0 aromatic heterocycles. The fourth-order valence-corrected chi connectivity index (χ4v) is 9.63. The minimum atomic E-state index is -0.724. The zero-order valence-electron chi connectivity index (χ0n) is 30.4. The van der Waals surface area contributed by atoms with Crippen LogP contribution in [-0.2, 0) is 44.8 Å². The van der Waals surface area contributed by atoms with E-state index in [1.807, 2.05) is 10.2 Å². The number of hydrogen-bond acceptors (Lipinski definition) is 0. The molecule has 4 aliphatic rings. The van der Waals surface area contributed by atoms with E-state index in [-0.39, 0.29) is 81.9 Å². The SMILES string of the molecule is C.C1CCCC1.C1CCCC1.CC(C)(C)[SiH2].C[Si](C)(C)C1CCCC1.C[Si](C)(C)C1CCCC1.[CH3-].[CH3-].[CH3-].[CH3-].[TaH2].[TaH3]. The Kier molecular flexibility index (Phi) is 52.0. The maximum absolute atomic E-state index is 2.50. The van der Waals surface area contributed by atoms with Gasteiger partial charge in [-0.15, -0.1) is 0 Å². The van der Waals surface area contributed by atoms with E-state index in [4.69, 9.17) is 0 Å². The molecule has 0 nitrogen and oxygen atoms in total. The summed E-state index contributed by atoms with van der Waals surface area (Å²) in [7, 11) is 0.563. The Morgan fingerprint density at radius 1 is 0.450 bits per heavy atom. The van der Waals surface area contributed by atoms with Gasteiger partial charge in [0.2, 0.25) is 0 Å². The predicted molar refractivity (Wildman–Crippen MR) is 205 cm³/mol. The summed E-state index contributed by atoms with van der Waals surface area (Å²) in [6.07, 6.45) is 27.2. The van der Waals surface area contributed by atoms with Crippen molar-refractivity contribution in [2.45, 2.75) is 199 Å². The van der Waals surface area contributed by atoms with Crippen molar-refractivity contribution in [3.63, 3.8) is 0 Å². The van der Waals surface area contributed by atoms with Crippen LogP contribution in [0.2, 0.25) is 55.4 Å². The monoisotopic (exact) mass is 955 g/mol. The summed E-state index contributed by atoms with van der Waals surface area (Å²) < 4.78 is 0. The van der Waals surface area contributed by atoms with E-state index in [1.165, 1.54) is 116 Å². The summed E-state index contributed by atoms with van der Waals surface area (Å²) in [6, 6.07) is 0. The maximum atomic E-state index is 2.50. The summed E-state index contributed by atoms with van der Waals surface area (Å²) in [5.41, 5.74) is 2.30. The molecule has 4 saturated carbocycles. The summed E-state index contributed by atoms with van der Waals surface area (Å²) >= 11 is 0. The normalized spacial score (nSPS) is 17.9. The molecule has 4 rings (SSSR count). The van der Waals surface area contributed by atoms with Crippen molar-refractivity contribution in [1.82, 2.24) is 0 Å². The van der Waals surface area contributed by atoms with Gasteiger partial charge in [0.1, 0.15) is 0 Å².